The summed E-state index contributed by atoms with van der Waals surface area (Å²) in [6, 6.07) is 4.65. The van der Waals surface area contributed by atoms with Gasteiger partial charge in [-0.1, -0.05) is 6.42 Å². The number of likely N-dealkylation sites (N-methyl/N-ethyl adjacent to an activating group) is 1. The second-order valence-electron chi connectivity index (χ2n) is 5.66. The number of hydrogen-bond donors (Lipinski definition) is 1. The molecule has 2 N–H and O–H groups in total. The van der Waals surface area contributed by atoms with Gasteiger partial charge in [-0.3, -0.25) is 4.98 Å². The van der Waals surface area contributed by atoms with Gasteiger partial charge in [0, 0.05) is 31.5 Å². The smallest absolute Gasteiger partial charge is 0.0270 e. The normalized spacial score (nSPS) is 24.4. The lowest BCUT2D eigenvalue weighted by Crippen LogP contribution is -2.34. The first-order valence-electron chi connectivity index (χ1n) is 7.07. The molecular weight excluding hydrogens is 222 g/mol. The Hall–Kier alpha value is -0.930. The van der Waals surface area contributed by atoms with Gasteiger partial charge in [-0.15, -0.1) is 0 Å². The van der Waals surface area contributed by atoms with E-state index in [0.717, 1.165) is 18.9 Å². The molecule has 0 bridgehead atoms. The topological polar surface area (TPSA) is 42.2 Å². The van der Waals surface area contributed by atoms with E-state index in [4.69, 9.17) is 5.73 Å². The molecule has 1 aromatic heterocycles. The maximum Gasteiger partial charge on any atom is 0.0270 e. The summed E-state index contributed by atoms with van der Waals surface area (Å²) < 4.78 is 0. The molecule has 2 rings (SSSR count). The van der Waals surface area contributed by atoms with Gasteiger partial charge in [0.15, 0.2) is 0 Å². The molecule has 0 aliphatic heterocycles. The first-order valence-corrected chi connectivity index (χ1v) is 7.07. The third-order valence-corrected chi connectivity index (χ3v) is 3.92. The van der Waals surface area contributed by atoms with Crippen LogP contribution in [-0.4, -0.2) is 36.1 Å². The van der Waals surface area contributed by atoms with Gasteiger partial charge in [0.1, 0.15) is 0 Å². The Labute approximate surface area is 110 Å². The van der Waals surface area contributed by atoms with Gasteiger partial charge < -0.3 is 10.6 Å². The van der Waals surface area contributed by atoms with E-state index < -0.39 is 0 Å². The number of aromatic nitrogens is 1. The molecule has 1 saturated carbocycles. The van der Waals surface area contributed by atoms with Crippen molar-refractivity contribution in [3.05, 3.63) is 30.1 Å². The van der Waals surface area contributed by atoms with Crippen LogP contribution in [-0.2, 0) is 6.42 Å². The zero-order chi connectivity index (χ0) is 12.8. The van der Waals surface area contributed by atoms with Crippen LogP contribution in [0.15, 0.2) is 24.5 Å². The first-order chi connectivity index (χ1) is 8.74. The molecule has 1 aliphatic rings. The van der Waals surface area contributed by atoms with Crippen LogP contribution in [0.5, 0.6) is 0 Å². The highest BCUT2D eigenvalue weighted by atomic mass is 15.1. The summed E-state index contributed by atoms with van der Waals surface area (Å²) >= 11 is 0. The fourth-order valence-electron chi connectivity index (χ4n) is 2.90. The average Bonchev–Trinajstić information content (AvgIpc) is 2.38. The SMILES string of the molecule is CN(CCc1ccncc1)CC1CCCC(N)C1. The van der Waals surface area contributed by atoms with Crippen molar-refractivity contribution in [3.63, 3.8) is 0 Å². The highest BCUT2D eigenvalue weighted by Crippen LogP contribution is 2.23. The average molecular weight is 247 g/mol. The number of rotatable bonds is 5. The maximum absolute atomic E-state index is 6.04. The summed E-state index contributed by atoms with van der Waals surface area (Å²) in [6.07, 6.45) is 9.94. The van der Waals surface area contributed by atoms with E-state index in [1.54, 1.807) is 0 Å². The van der Waals surface area contributed by atoms with Gasteiger partial charge >= 0.3 is 0 Å². The molecule has 1 fully saturated rings. The predicted octanol–water partition coefficient (Wildman–Crippen LogP) is 2.07. The third-order valence-electron chi connectivity index (χ3n) is 3.92. The number of pyridine rings is 1. The fourth-order valence-corrected chi connectivity index (χ4v) is 2.90. The molecule has 18 heavy (non-hydrogen) atoms. The number of nitrogens with two attached hydrogens (primary N) is 1. The number of nitrogens with zero attached hydrogens (tertiary/aromatic N) is 2. The van der Waals surface area contributed by atoms with Gasteiger partial charge in [-0.2, -0.15) is 0 Å². The molecule has 0 radical (unpaired) electrons. The van der Waals surface area contributed by atoms with Crippen LogP contribution in [0.25, 0.3) is 0 Å². The van der Waals surface area contributed by atoms with Crippen molar-refractivity contribution in [2.24, 2.45) is 11.7 Å². The molecule has 0 spiro atoms. The van der Waals surface area contributed by atoms with Crippen molar-refractivity contribution < 1.29 is 0 Å². The molecule has 0 saturated heterocycles. The van der Waals surface area contributed by atoms with Crippen LogP contribution in [0.3, 0.4) is 0 Å². The molecule has 1 heterocycles. The summed E-state index contributed by atoms with van der Waals surface area (Å²) in [5.41, 5.74) is 7.41. The van der Waals surface area contributed by atoms with Crippen molar-refractivity contribution in [1.29, 1.82) is 0 Å². The van der Waals surface area contributed by atoms with Gasteiger partial charge in [-0.05, 0) is 56.3 Å². The Balaban J connectivity index is 1.70. The van der Waals surface area contributed by atoms with Crippen LogP contribution in [0.4, 0.5) is 0 Å². The van der Waals surface area contributed by atoms with Gasteiger partial charge in [0.25, 0.3) is 0 Å². The molecule has 1 aromatic rings. The minimum atomic E-state index is 0.442. The lowest BCUT2D eigenvalue weighted by atomic mass is 9.86. The molecular formula is C15H25N3. The van der Waals surface area contributed by atoms with E-state index in [9.17, 15) is 0 Å². The molecule has 0 aromatic carbocycles. The third kappa shape index (κ3) is 4.39. The maximum atomic E-state index is 6.04. The Morgan fingerprint density at radius 2 is 2.11 bits per heavy atom. The molecule has 2 atom stereocenters. The van der Waals surface area contributed by atoms with Crippen LogP contribution in [0, 0.1) is 5.92 Å². The largest absolute Gasteiger partial charge is 0.328 e. The van der Waals surface area contributed by atoms with Crippen molar-refractivity contribution in [2.75, 3.05) is 20.1 Å². The highest BCUT2D eigenvalue weighted by Gasteiger charge is 2.20. The van der Waals surface area contributed by atoms with Crippen LogP contribution < -0.4 is 5.73 Å². The lowest BCUT2D eigenvalue weighted by molar-refractivity contribution is 0.223. The summed E-state index contributed by atoms with van der Waals surface area (Å²) in [6.45, 7) is 2.31. The van der Waals surface area contributed by atoms with E-state index in [1.807, 2.05) is 12.4 Å². The van der Waals surface area contributed by atoms with Crippen molar-refractivity contribution in [1.82, 2.24) is 9.88 Å². The summed E-state index contributed by atoms with van der Waals surface area (Å²) in [5, 5.41) is 0. The molecule has 1 aliphatic carbocycles. The molecule has 100 valence electrons. The zero-order valence-corrected chi connectivity index (χ0v) is 11.4. The van der Waals surface area contributed by atoms with Gasteiger partial charge in [-0.25, -0.2) is 0 Å². The van der Waals surface area contributed by atoms with E-state index in [-0.39, 0.29) is 0 Å². The fraction of sp³-hybridized carbons (Fsp3) is 0.667. The Morgan fingerprint density at radius 3 is 2.83 bits per heavy atom. The second kappa shape index (κ2) is 6.86. The first kappa shape index (κ1) is 13.5. The second-order valence-corrected chi connectivity index (χ2v) is 5.66. The molecule has 3 heteroatoms. The number of hydrogen-bond acceptors (Lipinski definition) is 3. The summed E-state index contributed by atoms with van der Waals surface area (Å²) in [7, 11) is 2.22. The minimum Gasteiger partial charge on any atom is -0.328 e. The quantitative estimate of drug-likeness (QED) is 0.866. The minimum absolute atomic E-state index is 0.442. The van der Waals surface area contributed by atoms with E-state index in [0.29, 0.717) is 6.04 Å². The van der Waals surface area contributed by atoms with Gasteiger partial charge in [0.05, 0.1) is 0 Å². The summed E-state index contributed by atoms with van der Waals surface area (Å²) in [5.74, 6) is 0.802. The van der Waals surface area contributed by atoms with Crippen LogP contribution >= 0.6 is 0 Å². The van der Waals surface area contributed by atoms with Gasteiger partial charge in [0.2, 0.25) is 0 Å². The lowest BCUT2D eigenvalue weighted by Gasteiger charge is -2.30. The Bertz CT molecular complexity index is 339. The van der Waals surface area contributed by atoms with E-state index >= 15 is 0 Å². The standard InChI is InChI=1S/C15H25N3/c1-18(10-7-13-5-8-17-9-6-13)12-14-3-2-4-15(16)11-14/h5-6,8-9,14-15H,2-4,7,10-12,16H2,1H3. The predicted molar refractivity (Wildman–Crippen MR) is 75.4 cm³/mol. The van der Waals surface area contributed by atoms with E-state index in [2.05, 4.69) is 29.1 Å². The Morgan fingerprint density at radius 1 is 1.33 bits per heavy atom. The van der Waals surface area contributed by atoms with E-state index in [1.165, 1.54) is 37.8 Å². The van der Waals surface area contributed by atoms with Crippen molar-refractivity contribution >= 4 is 0 Å². The Kier molecular flexibility index (Phi) is 5.14. The molecule has 2 unspecified atom stereocenters. The zero-order valence-electron chi connectivity index (χ0n) is 11.4. The van der Waals surface area contributed by atoms with Crippen molar-refractivity contribution in [3.8, 4) is 0 Å². The van der Waals surface area contributed by atoms with Crippen LogP contribution in [0.1, 0.15) is 31.2 Å². The van der Waals surface area contributed by atoms with Crippen molar-refractivity contribution in [2.45, 2.75) is 38.1 Å². The summed E-state index contributed by atoms with van der Waals surface area (Å²) in [4.78, 5) is 6.49. The molecule has 0 amide bonds. The monoisotopic (exact) mass is 247 g/mol. The molecule has 3 nitrogen and oxygen atoms in total. The van der Waals surface area contributed by atoms with Crippen LogP contribution in [0.2, 0.25) is 0 Å². The highest BCUT2D eigenvalue weighted by molar-refractivity contribution is 5.09.